The molecule has 2 saturated heterocycles. The molecule has 3 aromatic rings. The number of amides is 1. The second-order valence-corrected chi connectivity index (χ2v) is 9.06. The second kappa shape index (κ2) is 9.67. The number of rotatable bonds is 5. The molecule has 5 rings (SSSR count). The lowest BCUT2D eigenvalue weighted by Crippen LogP contribution is -2.44. The first-order valence-corrected chi connectivity index (χ1v) is 11.8. The van der Waals surface area contributed by atoms with Crippen molar-refractivity contribution in [3.8, 4) is 11.8 Å². The Morgan fingerprint density at radius 2 is 1.94 bits per heavy atom. The van der Waals surface area contributed by atoms with Gasteiger partial charge in [-0.05, 0) is 48.9 Å². The van der Waals surface area contributed by atoms with E-state index in [2.05, 4.69) is 39.0 Å². The van der Waals surface area contributed by atoms with Crippen LogP contribution in [0.15, 0.2) is 24.4 Å². The molecular formula is C24H30N6O5. The van der Waals surface area contributed by atoms with Crippen LogP contribution in [0.5, 0.6) is 6.01 Å². The average molecular weight is 483 g/mol. The van der Waals surface area contributed by atoms with Crippen molar-refractivity contribution in [3.63, 3.8) is 0 Å². The van der Waals surface area contributed by atoms with E-state index in [-0.39, 0.29) is 24.6 Å². The quantitative estimate of drug-likeness (QED) is 0.563. The maximum absolute atomic E-state index is 11.3. The van der Waals surface area contributed by atoms with E-state index < -0.39 is 6.09 Å². The molecule has 2 aliphatic rings. The van der Waals surface area contributed by atoms with Crippen molar-refractivity contribution >= 4 is 22.8 Å². The molecule has 0 saturated carbocycles. The zero-order valence-electron chi connectivity index (χ0n) is 19.9. The van der Waals surface area contributed by atoms with Crippen LogP contribution in [0.1, 0.15) is 29.9 Å². The van der Waals surface area contributed by atoms with Gasteiger partial charge in [0, 0.05) is 37.6 Å². The lowest BCUT2D eigenvalue weighted by molar-refractivity contribution is 0.00333. The summed E-state index contributed by atoms with van der Waals surface area (Å²) in [5, 5.41) is 24.4. The standard InChI is InChI=1S/C24H30N6O5/c1-15-9-17-12-25-30(20(17)10-19(15)16-3-5-28(6-4-16)24(32)33)22-11-21(26-23(27-22)34-2)29-7-8-35-18(13-29)14-31/h9-12,16,18,31H,3-8,13-14H2,1-2H3,(H,32,33)/t18-/m1/s1. The fourth-order valence-corrected chi connectivity index (χ4v) is 5.01. The highest BCUT2D eigenvalue weighted by Gasteiger charge is 2.26. The van der Waals surface area contributed by atoms with E-state index in [9.17, 15) is 15.0 Å². The van der Waals surface area contributed by atoms with Gasteiger partial charge in [-0.15, -0.1) is 0 Å². The predicted molar refractivity (Wildman–Crippen MR) is 129 cm³/mol. The zero-order chi connectivity index (χ0) is 24.5. The van der Waals surface area contributed by atoms with Crippen molar-refractivity contribution in [2.24, 2.45) is 0 Å². The molecule has 2 N–H and O–H groups in total. The molecule has 0 bridgehead atoms. The van der Waals surface area contributed by atoms with E-state index >= 15 is 0 Å². The maximum Gasteiger partial charge on any atom is 0.407 e. The van der Waals surface area contributed by atoms with Gasteiger partial charge in [0.25, 0.3) is 0 Å². The van der Waals surface area contributed by atoms with E-state index in [4.69, 9.17) is 9.47 Å². The number of benzene rings is 1. The molecule has 0 spiro atoms. The van der Waals surface area contributed by atoms with Crippen LogP contribution >= 0.6 is 0 Å². The first-order chi connectivity index (χ1) is 17.0. The fourth-order valence-electron chi connectivity index (χ4n) is 5.01. The largest absolute Gasteiger partial charge is 0.467 e. The Hall–Kier alpha value is -3.44. The smallest absolute Gasteiger partial charge is 0.407 e. The zero-order valence-corrected chi connectivity index (χ0v) is 19.9. The van der Waals surface area contributed by atoms with Gasteiger partial charge in [0.05, 0.1) is 38.1 Å². The molecule has 35 heavy (non-hydrogen) atoms. The van der Waals surface area contributed by atoms with Crippen LogP contribution in [0.3, 0.4) is 0 Å². The highest BCUT2D eigenvalue weighted by atomic mass is 16.5. The summed E-state index contributed by atoms with van der Waals surface area (Å²) in [7, 11) is 1.53. The number of nitrogens with zero attached hydrogens (tertiary/aromatic N) is 6. The number of morpholine rings is 1. The van der Waals surface area contributed by atoms with E-state index in [1.165, 1.54) is 23.1 Å². The molecule has 0 unspecified atom stereocenters. The van der Waals surface area contributed by atoms with Gasteiger partial charge in [-0.2, -0.15) is 15.1 Å². The average Bonchev–Trinajstić information content (AvgIpc) is 3.30. The molecule has 0 aliphatic carbocycles. The minimum Gasteiger partial charge on any atom is -0.467 e. The SMILES string of the molecule is COc1nc(N2CCO[C@@H](CO)C2)cc(-n2ncc3cc(C)c(C4CCN(C(=O)O)CC4)cc32)n1. The number of anilines is 1. The molecule has 2 fully saturated rings. The summed E-state index contributed by atoms with van der Waals surface area (Å²) in [6.07, 6.45) is 2.29. The summed E-state index contributed by atoms with van der Waals surface area (Å²) in [5.41, 5.74) is 3.31. The normalized spacial score (nSPS) is 19.3. The van der Waals surface area contributed by atoms with Gasteiger partial charge >= 0.3 is 12.1 Å². The third-order valence-electron chi connectivity index (χ3n) is 6.91. The van der Waals surface area contributed by atoms with Gasteiger partial charge in [0.15, 0.2) is 5.82 Å². The van der Waals surface area contributed by atoms with Crippen LogP contribution in [0.25, 0.3) is 16.7 Å². The molecule has 4 heterocycles. The van der Waals surface area contributed by atoms with E-state index in [0.29, 0.717) is 44.4 Å². The maximum atomic E-state index is 11.3. The number of hydrogen-bond donors (Lipinski definition) is 2. The van der Waals surface area contributed by atoms with Crippen molar-refractivity contribution in [2.45, 2.75) is 31.8 Å². The number of fused-ring (bicyclic) bond motifs is 1. The van der Waals surface area contributed by atoms with E-state index in [0.717, 1.165) is 23.7 Å². The number of aliphatic hydroxyl groups excluding tert-OH is 1. The number of carboxylic acid groups (broad SMARTS) is 1. The number of hydrogen-bond acceptors (Lipinski definition) is 8. The molecule has 186 valence electrons. The molecule has 1 atom stereocenters. The summed E-state index contributed by atoms with van der Waals surface area (Å²) >= 11 is 0. The number of aromatic nitrogens is 4. The minimum absolute atomic E-state index is 0.0527. The Kier molecular flexibility index (Phi) is 6.44. The highest BCUT2D eigenvalue weighted by molar-refractivity contribution is 5.82. The molecule has 1 amide bonds. The highest BCUT2D eigenvalue weighted by Crippen LogP contribution is 2.34. The number of methoxy groups -OCH3 is 1. The van der Waals surface area contributed by atoms with Gasteiger partial charge in [0.1, 0.15) is 5.82 Å². The molecular weight excluding hydrogens is 452 g/mol. The third kappa shape index (κ3) is 4.61. The number of ether oxygens (including phenoxy) is 2. The van der Waals surface area contributed by atoms with Crippen molar-refractivity contribution < 1.29 is 24.5 Å². The van der Waals surface area contributed by atoms with Crippen LogP contribution in [0, 0.1) is 6.92 Å². The molecule has 2 aromatic heterocycles. The Bertz CT molecular complexity index is 1220. The minimum atomic E-state index is -0.854. The monoisotopic (exact) mass is 482 g/mol. The Morgan fingerprint density at radius 1 is 1.17 bits per heavy atom. The lowest BCUT2D eigenvalue weighted by Gasteiger charge is -2.33. The Morgan fingerprint density at radius 3 is 2.66 bits per heavy atom. The molecule has 11 nitrogen and oxygen atoms in total. The number of likely N-dealkylation sites (tertiary alicyclic amines) is 1. The number of piperidine rings is 1. The first kappa shape index (κ1) is 23.3. The summed E-state index contributed by atoms with van der Waals surface area (Å²) < 4.78 is 12.8. The first-order valence-electron chi connectivity index (χ1n) is 11.8. The lowest BCUT2D eigenvalue weighted by atomic mass is 9.86. The molecule has 1 aromatic carbocycles. The van der Waals surface area contributed by atoms with Crippen LogP contribution in [0.4, 0.5) is 10.6 Å². The van der Waals surface area contributed by atoms with E-state index in [1.54, 1.807) is 4.68 Å². The number of aryl methyl sites for hydroxylation is 1. The fraction of sp³-hybridized carbons (Fsp3) is 0.500. The second-order valence-electron chi connectivity index (χ2n) is 9.06. The molecule has 0 radical (unpaired) electrons. The summed E-state index contributed by atoms with van der Waals surface area (Å²) in [6.45, 7) is 4.79. The van der Waals surface area contributed by atoms with Gasteiger partial charge in [-0.25, -0.2) is 9.48 Å². The Labute approximate surface area is 202 Å². The van der Waals surface area contributed by atoms with Gasteiger partial charge in [0.2, 0.25) is 0 Å². The van der Waals surface area contributed by atoms with Gasteiger partial charge in [-0.1, -0.05) is 0 Å². The van der Waals surface area contributed by atoms with Crippen molar-refractivity contribution in [1.82, 2.24) is 24.6 Å². The Balaban J connectivity index is 1.50. The summed E-state index contributed by atoms with van der Waals surface area (Å²) in [6, 6.07) is 6.40. The van der Waals surface area contributed by atoms with Crippen LogP contribution in [-0.4, -0.2) is 93.6 Å². The van der Waals surface area contributed by atoms with Crippen LogP contribution in [0.2, 0.25) is 0 Å². The number of carbonyl (C=O) groups is 1. The van der Waals surface area contributed by atoms with Crippen molar-refractivity contribution in [3.05, 3.63) is 35.5 Å². The molecule has 11 heteroatoms. The van der Waals surface area contributed by atoms with Crippen molar-refractivity contribution in [1.29, 1.82) is 0 Å². The summed E-state index contributed by atoms with van der Waals surface area (Å²) in [5.74, 6) is 1.56. The van der Waals surface area contributed by atoms with Crippen LogP contribution in [-0.2, 0) is 4.74 Å². The van der Waals surface area contributed by atoms with Gasteiger partial charge in [-0.3, -0.25) is 0 Å². The third-order valence-corrected chi connectivity index (χ3v) is 6.91. The topological polar surface area (TPSA) is 126 Å². The number of aliphatic hydroxyl groups is 1. The van der Waals surface area contributed by atoms with Gasteiger partial charge < -0.3 is 29.5 Å². The van der Waals surface area contributed by atoms with E-state index in [1.807, 2.05) is 12.3 Å². The van der Waals surface area contributed by atoms with Crippen LogP contribution < -0.4 is 9.64 Å². The summed E-state index contributed by atoms with van der Waals surface area (Å²) in [4.78, 5) is 23.9. The molecule has 2 aliphatic heterocycles. The van der Waals surface area contributed by atoms with Crippen molar-refractivity contribution in [2.75, 3.05) is 51.4 Å². The predicted octanol–water partition coefficient (Wildman–Crippen LogP) is 2.19.